The van der Waals surface area contributed by atoms with Crippen LogP contribution in [0.3, 0.4) is 0 Å². The average molecular weight is 552 g/mol. The normalized spacial score (nSPS) is 31.7. The van der Waals surface area contributed by atoms with Gasteiger partial charge in [-0.05, 0) is 75.6 Å². The van der Waals surface area contributed by atoms with E-state index in [0.29, 0.717) is 18.3 Å². The Labute approximate surface area is 234 Å². The van der Waals surface area contributed by atoms with Crippen molar-refractivity contribution in [2.45, 2.75) is 142 Å². The summed E-state index contributed by atoms with van der Waals surface area (Å²) >= 11 is 0. The highest BCUT2D eigenvalue weighted by atomic mass is 28.4. The monoisotopic (exact) mass is 551 g/mol. The van der Waals surface area contributed by atoms with E-state index in [1.54, 1.807) is 7.11 Å². The van der Waals surface area contributed by atoms with Crippen LogP contribution in [-0.2, 0) is 23.4 Å². The van der Waals surface area contributed by atoms with Crippen molar-refractivity contribution in [1.29, 1.82) is 0 Å². The maximum atomic E-state index is 11.3. The molecular formula is C31H57NO5Si. The lowest BCUT2D eigenvalue weighted by Gasteiger charge is -2.36. The Morgan fingerprint density at radius 1 is 1.16 bits per heavy atom. The quantitative estimate of drug-likeness (QED) is 0.130. The average Bonchev–Trinajstić information content (AvgIpc) is 3.53. The number of methoxy groups -OCH3 is 1. The van der Waals surface area contributed by atoms with Gasteiger partial charge in [0.25, 0.3) is 0 Å². The molecule has 2 saturated heterocycles. The molecule has 2 aliphatic heterocycles. The van der Waals surface area contributed by atoms with E-state index in [2.05, 4.69) is 80.5 Å². The van der Waals surface area contributed by atoms with Crippen molar-refractivity contribution in [3.63, 3.8) is 0 Å². The van der Waals surface area contributed by atoms with Gasteiger partial charge in [0.05, 0.1) is 42.5 Å². The third-order valence-electron chi connectivity index (χ3n) is 9.24. The van der Waals surface area contributed by atoms with Crippen LogP contribution in [0.25, 0.3) is 0 Å². The van der Waals surface area contributed by atoms with Gasteiger partial charge in [-0.2, -0.15) is 0 Å². The van der Waals surface area contributed by atoms with Crippen molar-refractivity contribution < 1.29 is 23.4 Å². The highest BCUT2D eigenvalue weighted by Crippen LogP contribution is 2.47. The van der Waals surface area contributed by atoms with Gasteiger partial charge in [-0.1, -0.05) is 59.8 Å². The molecule has 0 bridgehead atoms. The smallest absolute Gasteiger partial charge is 0.220 e. The number of carbonyl (C=O) groups excluding carboxylic acids is 1. The second kappa shape index (κ2) is 14.6. The first-order valence-electron chi connectivity index (χ1n) is 15.0. The molecule has 0 aliphatic carbocycles. The minimum absolute atomic E-state index is 0.0191. The molecule has 38 heavy (non-hydrogen) atoms. The predicted octanol–water partition coefficient (Wildman–Crippen LogP) is 6.79. The topological polar surface area (TPSA) is 83.3 Å². The Balaban J connectivity index is 1.94. The maximum absolute atomic E-state index is 11.3. The van der Waals surface area contributed by atoms with E-state index < -0.39 is 8.32 Å². The minimum atomic E-state index is -1.70. The second-order valence-electron chi connectivity index (χ2n) is 12.4. The van der Waals surface area contributed by atoms with Crippen LogP contribution in [0.1, 0.15) is 88.0 Å². The largest absolute Gasteiger partial charge is 0.412 e. The van der Waals surface area contributed by atoms with Gasteiger partial charge in [-0.3, -0.25) is 4.79 Å². The highest BCUT2D eigenvalue weighted by Gasteiger charge is 2.57. The summed E-state index contributed by atoms with van der Waals surface area (Å²) in [4.78, 5) is 11.3. The van der Waals surface area contributed by atoms with Gasteiger partial charge in [0, 0.05) is 13.0 Å². The predicted molar refractivity (Wildman–Crippen MR) is 159 cm³/mol. The standard InChI is InChI=1S/C31H57NO5Si/c1-11-38(12-2,13-3)37-25(8)29(34-10)24(7)30-31(9,36-30)20-21(4)15-14-16-22(5)28-23(6)17-18-26(35-28)19-27(32)33/h14-16,21,23-26,28-30H,11-13,17-20H2,1-10H3,(H2,32,33)/b15-14+,22-16+/t21?,23-,24?,25?,26+,28+,29?,30+,31+/m0/s1. The van der Waals surface area contributed by atoms with Crippen molar-refractivity contribution in [1.82, 2.24) is 0 Å². The van der Waals surface area contributed by atoms with Crippen LogP contribution < -0.4 is 5.73 Å². The fraction of sp³-hybridized carbons (Fsp3) is 0.839. The molecule has 0 radical (unpaired) electrons. The van der Waals surface area contributed by atoms with Gasteiger partial charge < -0.3 is 24.4 Å². The van der Waals surface area contributed by atoms with E-state index in [1.165, 1.54) is 5.57 Å². The van der Waals surface area contributed by atoms with E-state index in [-0.39, 0.29) is 47.9 Å². The molecule has 0 aromatic rings. The summed E-state index contributed by atoms with van der Waals surface area (Å²) in [5.74, 6) is 0.776. The van der Waals surface area contributed by atoms with Gasteiger partial charge in [0.1, 0.15) is 0 Å². The number of allylic oxidation sites excluding steroid dienone is 3. The maximum Gasteiger partial charge on any atom is 0.220 e. The molecule has 9 atom stereocenters. The Morgan fingerprint density at radius 2 is 1.79 bits per heavy atom. The van der Waals surface area contributed by atoms with Crippen molar-refractivity contribution in [2.75, 3.05) is 7.11 Å². The fourth-order valence-electron chi connectivity index (χ4n) is 6.69. The number of nitrogens with two attached hydrogens (primary N) is 1. The Hall–Kier alpha value is -0.993. The molecule has 2 fully saturated rings. The summed E-state index contributed by atoms with van der Waals surface area (Å²) in [6.07, 6.45) is 10.00. The number of rotatable bonds is 16. The zero-order valence-corrected chi connectivity index (χ0v) is 26.9. The van der Waals surface area contributed by atoms with Gasteiger partial charge in [-0.15, -0.1) is 0 Å². The number of hydrogen-bond donors (Lipinski definition) is 1. The molecule has 2 N–H and O–H groups in total. The summed E-state index contributed by atoms with van der Waals surface area (Å²) < 4.78 is 25.3. The van der Waals surface area contributed by atoms with Gasteiger partial charge in [-0.25, -0.2) is 0 Å². The molecule has 2 heterocycles. The third kappa shape index (κ3) is 8.75. The summed E-state index contributed by atoms with van der Waals surface area (Å²) in [6.45, 7) is 20.1. The van der Waals surface area contributed by atoms with Crippen LogP contribution in [0.5, 0.6) is 0 Å². The molecule has 220 valence electrons. The van der Waals surface area contributed by atoms with E-state index in [0.717, 1.165) is 37.4 Å². The number of ether oxygens (including phenoxy) is 3. The number of primary amides is 1. The van der Waals surface area contributed by atoms with E-state index in [1.807, 2.05) is 0 Å². The molecule has 6 nitrogen and oxygen atoms in total. The first-order valence-corrected chi connectivity index (χ1v) is 17.5. The van der Waals surface area contributed by atoms with Gasteiger partial charge in [0.2, 0.25) is 5.91 Å². The Kier molecular flexibility index (Phi) is 12.7. The lowest BCUT2D eigenvalue weighted by Crippen LogP contribution is -2.46. The van der Waals surface area contributed by atoms with Crippen LogP contribution in [0, 0.1) is 17.8 Å². The molecule has 0 saturated carbocycles. The molecule has 0 spiro atoms. The number of amides is 1. The van der Waals surface area contributed by atoms with Crippen molar-refractivity contribution in [3.05, 3.63) is 23.8 Å². The van der Waals surface area contributed by atoms with Gasteiger partial charge in [0.15, 0.2) is 8.32 Å². The van der Waals surface area contributed by atoms with Crippen molar-refractivity contribution in [3.8, 4) is 0 Å². The molecular weight excluding hydrogens is 494 g/mol. The molecule has 0 aromatic carbocycles. The highest BCUT2D eigenvalue weighted by molar-refractivity contribution is 6.73. The lowest BCUT2D eigenvalue weighted by molar-refractivity contribution is -0.125. The van der Waals surface area contributed by atoms with E-state index in [4.69, 9.17) is 24.4 Å². The fourth-order valence-corrected chi connectivity index (χ4v) is 9.61. The summed E-state index contributed by atoms with van der Waals surface area (Å²) in [7, 11) is 0.107. The lowest BCUT2D eigenvalue weighted by atomic mass is 9.85. The second-order valence-corrected chi connectivity index (χ2v) is 17.1. The zero-order chi connectivity index (χ0) is 28.7. The molecule has 4 unspecified atom stereocenters. The molecule has 1 amide bonds. The van der Waals surface area contributed by atoms with E-state index >= 15 is 0 Å². The van der Waals surface area contributed by atoms with Crippen LogP contribution in [0.15, 0.2) is 23.8 Å². The SMILES string of the molecule is CC[Si](CC)(CC)OC(C)C(OC)C(C)[C@H]1O[C@]1(C)CC(C)/C=C/C=C(\C)[C@H]1O[C@@H](CC(N)=O)CC[C@@H]1C. The summed E-state index contributed by atoms with van der Waals surface area (Å²) in [6, 6.07) is 3.43. The summed E-state index contributed by atoms with van der Waals surface area (Å²) in [5.41, 5.74) is 6.44. The Bertz CT molecular complexity index is 804. The number of hydrogen-bond acceptors (Lipinski definition) is 5. The van der Waals surface area contributed by atoms with Crippen molar-refractivity contribution >= 4 is 14.2 Å². The molecule has 2 aliphatic rings. The van der Waals surface area contributed by atoms with Crippen LogP contribution in [-0.4, -0.2) is 57.5 Å². The Morgan fingerprint density at radius 3 is 2.34 bits per heavy atom. The van der Waals surface area contributed by atoms with E-state index in [9.17, 15) is 4.79 Å². The first-order chi connectivity index (χ1) is 17.8. The third-order valence-corrected chi connectivity index (χ3v) is 14.0. The first kappa shape index (κ1) is 33.2. The van der Waals surface area contributed by atoms with Gasteiger partial charge >= 0.3 is 0 Å². The van der Waals surface area contributed by atoms with Crippen LogP contribution in [0.2, 0.25) is 18.1 Å². The molecule has 0 aromatic heterocycles. The van der Waals surface area contributed by atoms with Crippen LogP contribution in [0.4, 0.5) is 0 Å². The van der Waals surface area contributed by atoms with Crippen molar-refractivity contribution in [2.24, 2.45) is 23.5 Å². The minimum Gasteiger partial charge on any atom is -0.412 e. The summed E-state index contributed by atoms with van der Waals surface area (Å²) in [5, 5.41) is 0. The molecule has 7 heteroatoms. The molecule has 2 rings (SSSR count). The number of carbonyl (C=O) groups is 1. The van der Waals surface area contributed by atoms with Crippen LogP contribution >= 0.6 is 0 Å². The number of epoxide rings is 1. The zero-order valence-electron chi connectivity index (χ0n) is 25.9.